The van der Waals surface area contributed by atoms with Gasteiger partial charge in [0.15, 0.2) is 0 Å². The molecule has 3 nitrogen and oxygen atoms in total. The molecule has 0 bridgehead atoms. The summed E-state index contributed by atoms with van der Waals surface area (Å²) in [5.41, 5.74) is 2.44. The van der Waals surface area contributed by atoms with Gasteiger partial charge in [-0.25, -0.2) is 0 Å². The van der Waals surface area contributed by atoms with Gasteiger partial charge in [0.05, 0.1) is 18.9 Å². The molecule has 0 aliphatic heterocycles. The summed E-state index contributed by atoms with van der Waals surface area (Å²) in [6.07, 6.45) is 0. The van der Waals surface area contributed by atoms with E-state index in [1.54, 1.807) is 0 Å². The lowest BCUT2D eigenvalue weighted by Gasteiger charge is -2.15. The Morgan fingerprint density at radius 1 is 0.808 bits per heavy atom. The van der Waals surface area contributed by atoms with Crippen LogP contribution in [0.5, 0.6) is 17.2 Å². The van der Waals surface area contributed by atoms with Crippen molar-refractivity contribution >= 4 is 10.2 Å². The molecule has 1 atom stereocenters. The number of hydrogen-bond donors (Lipinski definition) is 0. The maximum Gasteiger partial charge on any atom is 0.127 e. The van der Waals surface area contributed by atoms with Gasteiger partial charge in [-0.2, -0.15) is 0 Å². The third-order valence-corrected chi connectivity index (χ3v) is 5.04. The van der Waals surface area contributed by atoms with E-state index in [4.69, 9.17) is 14.2 Å². The first-order valence-electron chi connectivity index (χ1n) is 8.91. The van der Waals surface area contributed by atoms with Gasteiger partial charge in [-0.1, -0.05) is 42.5 Å². The van der Waals surface area contributed by atoms with Gasteiger partial charge in [0.1, 0.15) is 17.2 Å². The summed E-state index contributed by atoms with van der Waals surface area (Å²) in [4.78, 5) is 0. The minimum atomic E-state index is 0.143. The fourth-order valence-corrected chi connectivity index (χ4v) is 3.19. The van der Waals surface area contributed by atoms with E-state index in [-0.39, 0.29) is 5.73 Å². The Morgan fingerprint density at radius 2 is 1.54 bits per heavy atom. The van der Waals surface area contributed by atoms with Gasteiger partial charge in [0.25, 0.3) is 0 Å². The third-order valence-electron chi connectivity index (χ3n) is 4.04. The molecular formula is C22H24O3Si. The highest BCUT2D eigenvalue weighted by Crippen LogP contribution is 2.24. The summed E-state index contributed by atoms with van der Waals surface area (Å²) in [7, 11) is 0.923. The highest BCUT2D eigenvalue weighted by atomic mass is 28.1. The second-order valence-corrected chi connectivity index (χ2v) is 7.07. The SMILES string of the molecule is CCOc1ccc(C([SiH3])OCc2cccc(Oc3ccccc3)c2)cc1. The van der Waals surface area contributed by atoms with Crippen molar-refractivity contribution in [2.75, 3.05) is 6.61 Å². The largest absolute Gasteiger partial charge is 0.494 e. The summed E-state index contributed by atoms with van der Waals surface area (Å²) in [5.74, 6) is 2.56. The zero-order valence-electron chi connectivity index (χ0n) is 15.2. The Kier molecular flexibility index (Phi) is 6.47. The monoisotopic (exact) mass is 364 g/mol. The molecule has 26 heavy (non-hydrogen) atoms. The molecule has 3 aromatic carbocycles. The molecule has 3 rings (SSSR count). The molecular weight excluding hydrogens is 340 g/mol. The molecule has 0 spiro atoms. The molecule has 0 heterocycles. The highest BCUT2D eigenvalue weighted by molar-refractivity contribution is 6.11. The van der Waals surface area contributed by atoms with Gasteiger partial charge in [0.2, 0.25) is 0 Å². The second-order valence-electron chi connectivity index (χ2n) is 6.02. The van der Waals surface area contributed by atoms with Crippen molar-refractivity contribution in [3.8, 4) is 17.2 Å². The fraction of sp³-hybridized carbons (Fsp3) is 0.182. The molecule has 4 heteroatoms. The standard InChI is InChI=1S/C22H24O3Si/c1-2-23-19-13-11-18(12-14-19)22(26)24-16-17-7-6-10-21(15-17)25-20-8-4-3-5-9-20/h3-15,22H,2,16H2,1,26H3. The predicted molar refractivity (Wildman–Crippen MR) is 108 cm³/mol. The lowest BCUT2D eigenvalue weighted by atomic mass is 10.2. The first kappa shape index (κ1) is 18.2. The summed E-state index contributed by atoms with van der Waals surface area (Å²) in [5, 5.41) is 0. The molecule has 0 aliphatic rings. The van der Waals surface area contributed by atoms with Crippen LogP contribution in [-0.2, 0) is 11.3 Å². The van der Waals surface area contributed by atoms with Crippen LogP contribution in [0.3, 0.4) is 0 Å². The minimum absolute atomic E-state index is 0.143. The van der Waals surface area contributed by atoms with E-state index >= 15 is 0 Å². The molecule has 3 aromatic rings. The summed E-state index contributed by atoms with van der Waals surface area (Å²) < 4.78 is 17.5. The van der Waals surface area contributed by atoms with Gasteiger partial charge in [-0.15, -0.1) is 0 Å². The van der Waals surface area contributed by atoms with Crippen molar-refractivity contribution in [1.29, 1.82) is 0 Å². The van der Waals surface area contributed by atoms with Crippen LogP contribution < -0.4 is 9.47 Å². The van der Waals surface area contributed by atoms with Gasteiger partial charge < -0.3 is 14.2 Å². The maximum absolute atomic E-state index is 6.08. The fourth-order valence-electron chi connectivity index (χ4n) is 2.64. The Bertz CT molecular complexity index is 803. The van der Waals surface area contributed by atoms with Crippen molar-refractivity contribution in [2.24, 2.45) is 0 Å². The van der Waals surface area contributed by atoms with E-state index in [0.717, 1.165) is 33.1 Å². The Hall–Kier alpha value is -2.56. The molecule has 0 N–H and O–H groups in total. The number of hydrogen-bond acceptors (Lipinski definition) is 3. The molecule has 134 valence electrons. The van der Waals surface area contributed by atoms with E-state index in [0.29, 0.717) is 13.2 Å². The van der Waals surface area contributed by atoms with E-state index in [1.807, 2.05) is 67.6 Å². The van der Waals surface area contributed by atoms with Gasteiger partial charge in [-0.05, 0) is 54.4 Å². The van der Waals surface area contributed by atoms with Crippen molar-refractivity contribution in [1.82, 2.24) is 0 Å². The van der Waals surface area contributed by atoms with Crippen LogP contribution in [0.4, 0.5) is 0 Å². The zero-order chi connectivity index (χ0) is 18.2. The topological polar surface area (TPSA) is 27.7 Å². The zero-order valence-corrected chi connectivity index (χ0v) is 17.2. The van der Waals surface area contributed by atoms with Crippen LogP contribution in [0.2, 0.25) is 0 Å². The molecule has 0 fully saturated rings. The number of rotatable bonds is 8. The summed E-state index contributed by atoms with van der Waals surface area (Å²) >= 11 is 0. The first-order chi connectivity index (χ1) is 12.7. The lowest BCUT2D eigenvalue weighted by Crippen LogP contribution is -2.04. The smallest absolute Gasteiger partial charge is 0.127 e. The van der Waals surface area contributed by atoms with E-state index in [1.165, 1.54) is 5.56 Å². The molecule has 0 saturated carbocycles. The van der Waals surface area contributed by atoms with E-state index in [9.17, 15) is 0 Å². The van der Waals surface area contributed by atoms with Crippen LogP contribution in [0.15, 0.2) is 78.9 Å². The van der Waals surface area contributed by atoms with Gasteiger partial charge in [0, 0.05) is 10.2 Å². The molecule has 0 aromatic heterocycles. The number of benzene rings is 3. The van der Waals surface area contributed by atoms with Crippen LogP contribution in [-0.4, -0.2) is 16.8 Å². The number of ether oxygens (including phenoxy) is 3. The first-order valence-corrected chi connectivity index (χ1v) is 10.1. The predicted octanol–water partition coefficient (Wildman–Crippen LogP) is 4.46. The lowest BCUT2D eigenvalue weighted by molar-refractivity contribution is 0.0937. The molecule has 1 unspecified atom stereocenters. The van der Waals surface area contributed by atoms with Gasteiger partial charge in [-0.3, -0.25) is 0 Å². The molecule has 0 aliphatic carbocycles. The normalized spacial score (nSPS) is 11.9. The molecule has 0 radical (unpaired) electrons. The van der Waals surface area contributed by atoms with Crippen molar-refractivity contribution < 1.29 is 14.2 Å². The van der Waals surface area contributed by atoms with E-state index in [2.05, 4.69) is 18.2 Å². The number of para-hydroxylation sites is 1. The summed E-state index contributed by atoms with van der Waals surface area (Å²) in [6, 6.07) is 26.0. The third kappa shape index (κ3) is 5.21. The van der Waals surface area contributed by atoms with Crippen LogP contribution in [0.1, 0.15) is 23.8 Å². The Labute approximate surface area is 158 Å². The van der Waals surface area contributed by atoms with Crippen LogP contribution in [0, 0.1) is 0 Å². The Balaban J connectivity index is 1.58. The van der Waals surface area contributed by atoms with Crippen LogP contribution in [0.25, 0.3) is 0 Å². The molecule has 0 saturated heterocycles. The average molecular weight is 365 g/mol. The van der Waals surface area contributed by atoms with E-state index < -0.39 is 0 Å². The van der Waals surface area contributed by atoms with Crippen molar-refractivity contribution in [3.63, 3.8) is 0 Å². The second kappa shape index (κ2) is 9.22. The molecule has 0 amide bonds. The van der Waals surface area contributed by atoms with Gasteiger partial charge >= 0.3 is 0 Å². The minimum Gasteiger partial charge on any atom is -0.494 e. The quantitative estimate of drug-likeness (QED) is 0.552. The van der Waals surface area contributed by atoms with Crippen molar-refractivity contribution in [3.05, 3.63) is 90.0 Å². The van der Waals surface area contributed by atoms with Crippen LogP contribution >= 0.6 is 0 Å². The van der Waals surface area contributed by atoms with Crippen molar-refractivity contribution in [2.45, 2.75) is 19.3 Å². The highest BCUT2D eigenvalue weighted by Gasteiger charge is 2.07. The maximum atomic E-state index is 6.08. The average Bonchev–Trinajstić information content (AvgIpc) is 2.68. The summed E-state index contributed by atoms with van der Waals surface area (Å²) in [6.45, 7) is 3.23. The Morgan fingerprint density at radius 3 is 2.27 bits per heavy atom.